The van der Waals surface area contributed by atoms with E-state index in [9.17, 15) is 4.79 Å². The van der Waals surface area contributed by atoms with E-state index in [0.717, 1.165) is 18.2 Å². The van der Waals surface area contributed by atoms with Gasteiger partial charge in [0.05, 0.1) is 13.3 Å². The second-order valence-electron chi connectivity index (χ2n) is 5.64. The van der Waals surface area contributed by atoms with E-state index in [-0.39, 0.29) is 5.97 Å². The lowest BCUT2D eigenvalue weighted by Crippen LogP contribution is -2.58. The third kappa shape index (κ3) is 2.54. The summed E-state index contributed by atoms with van der Waals surface area (Å²) in [5.74, 6) is -0.294. The van der Waals surface area contributed by atoms with Crippen molar-refractivity contribution >= 4 is 22.4 Å². The number of esters is 1. The zero-order valence-electron chi connectivity index (χ0n) is 12.0. The van der Waals surface area contributed by atoms with E-state index in [1.54, 1.807) is 6.20 Å². The van der Waals surface area contributed by atoms with Gasteiger partial charge in [0, 0.05) is 25.2 Å². The molecule has 0 amide bonds. The van der Waals surface area contributed by atoms with Gasteiger partial charge in [0.15, 0.2) is 5.13 Å². The number of piperazine rings is 1. The van der Waals surface area contributed by atoms with Crippen molar-refractivity contribution in [1.29, 1.82) is 0 Å². The van der Waals surface area contributed by atoms with Crippen molar-refractivity contribution in [2.24, 2.45) is 0 Å². The van der Waals surface area contributed by atoms with E-state index in [1.807, 2.05) is 0 Å². The summed E-state index contributed by atoms with van der Waals surface area (Å²) in [6.07, 6.45) is 5.56. The molecular weight excluding hydrogens is 274 g/mol. The highest BCUT2D eigenvalue weighted by atomic mass is 32.1. The first-order valence-electron chi connectivity index (χ1n) is 7.24. The molecule has 0 radical (unpaired) electrons. The maximum atomic E-state index is 11.5. The van der Waals surface area contributed by atoms with Gasteiger partial charge < -0.3 is 9.64 Å². The van der Waals surface area contributed by atoms with Gasteiger partial charge in [0.1, 0.15) is 4.88 Å². The Balaban J connectivity index is 1.75. The number of piperidine rings is 1. The minimum absolute atomic E-state index is 0.294. The van der Waals surface area contributed by atoms with Crippen LogP contribution in [0.25, 0.3) is 0 Å². The number of fused-ring (bicyclic) bond motifs is 1. The van der Waals surface area contributed by atoms with E-state index in [4.69, 9.17) is 4.74 Å². The summed E-state index contributed by atoms with van der Waals surface area (Å²) in [4.78, 5) is 21.5. The lowest BCUT2D eigenvalue weighted by Gasteiger charge is -2.47. The van der Waals surface area contributed by atoms with Crippen molar-refractivity contribution < 1.29 is 9.53 Å². The number of rotatable bonds is 2. The number of hydrogen-bond acceptors (Lipinski definition) is 6. The molecule has 0 saturated carbocycles. The highest BCUT2D eigenvalue weighted by Gasteiger charge is 2.34. The van der Waals surface area contributed by atoms with Crippen LogP contribution in [-0.2, 0) is 4.74 Å². The monoisotopic (exact) mass is 295 g/mol. The van der Waals surface area contributed by atoms with Crippen LogP contribution in [0.3, 0.4) is 0 Å². The lowest BCUT2D eigenvalue weighted by atomic mass is 9.97. The lowest BCUT2D eigenvalue weighted by molar-refractivity contribution is 0.0606. The van der Waals surface area contributed by atoms with Gasteiger partial charge in [0.25, 0.3) is 0 Å². The highest BCUT2D eigenvalue weighted by Crippen LogP contribution is 2.30. The quantitative estimate of drug-likeness (QED) is 0.781. The molecule has 0 aromatic carbocycles. The van der Waals surface area contributed by atoms with Crippen molar-refractivity contribution in [2.75, 3.05) is 31.6 Å². The van der Waals surface area contributed by atoms with Gasteiger partial charge in [-0.1, -0.05) is 17.8 Å². The van der Waals surface area contributed by atoms with E-state index in [1.165, 1.54) is 44.3 Å². The number of ether oxygens (including phenoxy) is 1. The molecule has 0 aliphatic carbocycles. The van der Waals surface area contributed by atoms with Gasteiger partial charge in [-0.05, 0) is 26.3 Å². The number of carbonyl (C=O) groups excluding carboxylic acids is 1. The Morgan fingerprint density at radius 3 is 3.10 bits per heavy atom. The van der Waals surface area contributed by atoms with Gasteiger partial charge in [-0.25, -0.2) is 9.78 Å². The van der Waals surface area contributed by atoms with Crippen molar-refractivity contribution in [3.8, 4) is 0 Å². The molecule has 110 valence electrons. The molecule has 3 rings (SSSR count). The van der Waals surface area contributed by atoms with E-state index in [2.05, 4.69) is 21.7 Å². The van der Waals surface area contributed by atoms with Crippen LogP contribution in [0.1, 0.15) is 35.9 Å². The Morgan fingerprint density at radius 1 is 1.45 bits per heavy atom. The van der Waals surface area contributed by atoms with Crippen LogP contribution in [0.5, 0.6) is 0 Å². The SMILES string of the molecule is COC(=O)c1cnc(N2CC3CCCCN3CC2C)s1. The number of carbonyl (C=O) groups is 1. The molecule has 2 fully saturated rings. The average Bonchev–Trinajstić information content (AvgIpc) is 2.95. The molecule has 6 heteroatoms. The number of hydrogen-bond donors (Lipinski definition) is 0. The van der Waals surface area contributed by atoms with Gasteiger partial charge >= 0.3 is 5.97 Å². The number of methoxy groups -OCH3 is 1. The predicted octanol–water partition coefficient (Wildman–Crippen LogP) is 1.99. The first-order chi connectivity index (χ1) is 9.69. The number of nitrogens with zero attached hydrogens (tertiary/aromatic N) is 3. The van der Waals surface area contributed by atoms with Crippen LogP contribution < -0.4 is 4.90 Å². The molecule has 1 aromatic rings. The molecule has 2 aliphatic heterocycles. The van der Waals surface area contributed by atoms with Crippen molar-refractivity contribution in [1.82, 2.24) is 9.88 Å². The Kier molecular flexibility index (Phi) is 3.94. The van der Waals surface area contributed by atoms with Crippen LogP contribution in [0.4, 0.5) is 5.13 Å². The first kappa shape index (κ1) is 13.8. The molecule has 2 unspecified atom stereocenters. The predicted molar refractivity (Wildman–Crippen MR) is 79.5 cm³/mol. The van der Waals surface area contributed by atoms with Gasteiger partial charge in [0.2, 0.25) is 0 Å². The minimum atomic E-state index is -0.294. The zero-order chi connectivity index (χ0) is 14.1. The molecule has 0 N–H and O–H groups in total. The average molecular weight is 295 g/mol. The topological polar surface area (TPSA) is 45.7 Å². The molecule has 1 aromatic heterocycles. The van der Waals surface area contributed by atoms with Crippen LogP contribution in [-0.4, -0.2) is 54.7 Å². The second-order valence-corrected chi connectivity index (χ2v) is 6.65. The third-order valence-corrected chi connectivity index (χ3v) is 5.33. The van der Waals surface area contributed by atoms with Crippen LogP contribution in [0, 0.1) is 0 Å². The van der Waals surface area contributed by atoms with Gasteiger partial charge in [-0.3, -0.25) is 4.90 Å². The largest absolute Gasteiger partial charge is 0.465 e. The molecule has 2 aliphatic rings. The van der Waals surface area contributed by atoms with Crippen LogP contribution in [0.2, 0.25) is 0 Å². The molecule has 0 spiro atoms. The summed E-state index contributed by atoms with van der Waals surface area (Å²) in [6, 6.07) is 1.09. The summed E-state index contributed by atoms with van der Waals surface area (Å²) in [5.41, 5.74) is 0. The smallest absolute Gasteiger partial charge is 0.349 e. The second kappa shape index (κ2) is 5.69. The van der Waals surface area contributed by atoms with Crippen molar-refractivity contribution in [2.45, 2.75) is 38.3 Å². The molecule has 0 bridgehead atoms. The van der Waals surface area contributed by atoms with E-state index < -0.39 is 0 Å². The first-order valence-corrected chi connectivity index (χ1v) is 8.05. The van der Waals surface area contributed by atoms with Crippen molar-refractivity contribution in [3.05, 3.63) is 11.1 Å². The van der Waals surface area contributed by atoms with Crippen LogP contribution >= 0.6 is 11.3 Å². The Morgan fingerprint density at radius 2 is 2.30 bits per heavy atom. The summed E-state index contributed by atoms with van der Waals surface area (Å²) in [5, 5.41) is 0.947. The van der Waals surface area contributed by atoms with Gasteiger partial charge in [-0.2, -0.15) is 0 Å². The fourth-order valence-corrected chi connectivity index (χ4v) is 4.16. The maximum absolute atomic E-state index is 11.5. The molecule has 5 nitrogen and oxygen atoms in total. The van der Waals surface area contributed by atoms with Crippen molar-refractivity contribution in [3.63, 3.8) is 0 Å². The summed E-state index contributed by atoms with van der Waals surface area (Å²) in [7, 11) is 1.41. The molecular formula is C14H21N3O2S. The molecule has 20 heavy (non-hydrogen) atoms. The van der Waals surface area contributed by atoms with E-state index in [0.29, 0.717) is 17.0 Å². The maximum Gasteiger partial charge on any atom is 0.349 e. The summed E-state index contributed by atoms with van der Waals surface area (Å²) in [6.45, 7) is 5.59. The minimum Gasteiger partial charge on any atom is -0.465 e. The highest BCUT2D eigenvalue weighted by molar-refractivity contribution is 7.17. The fourth-order valence-electron chi connectivity index (χ4n) is 3.21. The number of thiazole rings is 1. The fraction of sp³-hybridized carbons (Fsp3) is 0.714. The van der Waals surface area contributed by atoms with Crippen LogP contribution in [0.15, 0.2) is 6.20 Å². The summed E-state index contributed by atoms with van der Waals surface area (Å²) < 4.78 is 4.75. The number of aromatic nitrogens is 1. The van der Waals surface area contributed by atoms with E-state index >= 15 is 0 Å². The zero-order valence-corrected chi connectivity index (χ0v) is 12.9. The Labute approximate surface area is 123 Å². The molecule has 2 atom stereocenters. The Bertz CT molecular complexity index is 491. The van der Waals surface area contributed by atoms with Gasteiger partial charge in [-0.15, -0.1) is 0 Å². The standard InChI is InChI=1S/C14H21N3O2S/c1-10-8-16-6-4-3-5-11(16)9-17(10)14-15-7-12(20-14)13(18)19-2/h7,10-11H,3-6,8-9H2,1-2H3. The third-order valence-electron chi connectivity index (χ3n) is 4.31. The summed E-state index contributed by atoms with van der Waals surface area (Å²) >= 11 is 1.44. The normalized spacial score (nSPS) is 27.2. The Hall–Kier alpha value is -1.14. The molecule has 2 saturated heterocycles. The molecule has 3 heterocycles. The number of anilines is 1.